The first-order valence-corrected chi connectivity index (χ1v) is 14.5. The molecular formula is C32H45BrN4O6. The first-order chi connectivity index (χ1) is 19.9. The Morgan fingerprint density at radius 2 is 1.74 bits per heavy atom. The van der Waals surface area contributed by atoms with Crippen LogP contribution in [0.15, 0.2) is 24.3 Å². The normalized spacial score (nSPS) is 12.3. The summed E-state index contributed by atoms with van der Waals surface area (Å²) in [5.74, 6) is -0.000111. The van der Waals surface area contributed by atoms with Gasteiger partial charge in [0.05, 0.1) is 31.0 Å². The number of aliphatic carboxylic acids is 1. The quantitative estimate of drug-likeness (QED) is 0.180. The highest BCUT2D eigenvalue weighted by molar-refractivity contribution is 8.93. The van der Waals surface area contributed by atoms with E-state index in [1.165, 1.54) is 0 Å². The lowest BCUT2D eigenvalue weighted by Gasteiger charge is -2.31. The summed E-state index contributed by atoms with van der Waals surface area (Å²) in [4.78, 5) is 41.2. The lowest BCUT2D eigenvalue weighted by atomic mass is 9.84. The Balaban J connectivity index is 0.00000645. The number of Topliss-reactive ketones (excluding diaryl/α,β-unsaturated/α-hetero) is 1. The molecule has 0 unspecified atom stereocenters. The van der Waals surface area contributed by atoms with Crippen LogP contribution in [-0.2, 0) is 16.8 Å². The molecule has 10 nitrogen and oxygen atoms in total. The van der Waals surface area contributed by atoms with Crippen LogP contribution < -0.4 is 19.7 Å². The van der Waals surface area contributed by atoms with Gasteiger partial charge in [0.1, 0.15) is 17.3 Å². The minimum absolute atomic E-state index is 0. The van der Waals surface area contributed by atoms with E-state index in [0.29, 0.717) is 60.9 Å². The Labute approximate surface area is 265 Å². The molecular weight excluding hydrogens is 616 g/mol. The van der Waals surface area contributed by atoms with Crippen LogP contribution in [-0.4, -0.2) is 73.4 Å². The molecule has 236 valence electrons. The van der Waals surface area contributed by atoms with E-state index in [4.69, 9.17) is 20.0 Å². The zero-order valence-corrected chi connectivity index (χ0v) is 28.0. The molecule has 0 spiro atoms. The van der Waals surface area contributed by atoms with Gasteiger partial charge in [0, 0.05) is 49.8 Å². The third kappa shape index (κ3) is 8.28. The molecule has 0 aromatic heterocycles. The number of amidine groups is 1. The number of benzene rings is 2. The number of amides is 1. The molecule has 2 aromatic rings. The van der Waals surface area contributed by atoms with Gasteiger partial charge in [0.2, 0.25) is 0 Å². The number of nitrogens with zero attached hydrogens (tertiary/aromatic N) is 2. The topological polar surface area (TPSA) is 132 Å². The number of rotatable bonds is 14. The second-order valence-corrected chi connectivity index (χ2v) is 11.3. The van der Waals surface area contributed by atoms with Crippen molar-refractivity contribution in [1.82, 2.24) is 10.2 Å². The van der Waals surface area contributed by atoms with Gasteiger partial charge in [0.15, 0.2) is 5.78 Å². The van der Waals surface area contributed by atoms with E-state index < -0.39 is 5.97 Å². The van der Waals surface area contributed by atoms with E-state index in [1.807, 2.05) is 32.9 Å². The van der Waals surface area contributed by atoms with Gasteiger partial charge in [-0.1, -0.05) is 20.8 Å². The number of ether oxygens (including phenoxy) is 2. The van der Waals surface area contributed by atoms with E-state index in [1.54, 1.807) is 24.1 Å². The molecule has 11 heteroatoms. The molecule has 0 bridgehead atoms. The lowest BCUT2D eigenvalue weighted by molar-refractivity contribution is -0.137. The van der Waals surface area contributed by atoms with Gasteiger partial charge in [-0.2, -0.15) is 0 Å². The first-order valence-electron chi connectivity index (χ1n) is 14.5. The van der Waals surface area contributed by atoms with Crippen molar-refractivity contribution < 1.29 is 29.0 Å². The molecule has 0 radical (unpaired) electrons. The number of halogens is 1. The summed E-state index contributed by atoms with van der Waals surface area (Å²) in [6, 6.07) is 7.17. The van der Waals surface area contributed by atoms with Gasteiger partial charge in [-0.3, -0.25) is 19.8 Å². The number of carbonyl (C=O) groups is 3. The predicted octanol–water partition coefficient (Wildman–Crippen LogP) is 5.43. The molecule has 0 saturated carbocycles. The van der Waals surface area contributed by atoms with Crippen molar-refractivity contribution in [3.05, 3.63) is 52.1 Å². The fourth-order valence-corrected chi connectivity index (χ4v) is 5.09. The van der Waals surface area contributed by atoms with E-state index >= 15 is 0 Å². The number of carbonyl (C=O) groups excluding carboxylic acids is 2. The van der Waals surface area contributed by atoms with Crippen LogP contribution in [0.25, 0.3) is 0 Å². The fraction of sp³-hybridized carbons (Fsp3) is 0.500. The zero-order valence-electron chi connectivity index (χ0n) is 26.3. The van der Waals surface area contributed by atoms with Crippen molar-refractivity contribution in [3.63, 3.8) is 0 Å². The van der Waals surface area contributed by atoms with E-state index in [-0.39, 0.29) is 59.5 Å². The summed E-state index contributed by atoms with van der Waals surface area (Å²) in [6.45, 7) is 14.5. The van der Waals surface area contributed by atoms with Gasteiger partial charge < -0.3 is 29.7 Å². The fourth-order valence-electron chi connectivity index (χ4n) is 5.09. The maximum atomic E-state index is 13.8. The maximum absolute atomic E-state index is 13.8. The summed E-state index contributed by atoms with van der Waals surface area (Å²) in [5.41, 5.74) is 3.60. The predicted molar refractivity (Wildman–Crippen MR) is 174 cm³/mol. The Morgan fingerprint density at radius 1 is 1.07 bits per heavy atom. The molecule has 0 fully saturated rings. The van der Waals surface area contributed by atoms with Gasteiger partial charge in [0.25, 0.3) is 5.91 Å². The van der Waals surface area contributed by atoms with Gasteiger partial charge >= 0.3 is 5.97 Å². The van der Waals surface area contributed by atoms with Crippen LogP contribution in [0.2, 0.25) is 0 Å². The molecule has 1 amide bonds. The Morgan fingerprint density at radius 3 is 2.30 bits per heavy atom. The standard InChI is InChI=1S/C32H44N4O6.BrH/c1-8-35(9-2)25-15-20(14-24(32(4,5)6)29(25)42-13-11-12-28(38)39)26(37)19-36-18-21-16-27(41-10-3)23(31(40)34-7)17-22(21)30(36)33;/h14-17,33H,8-13,18-19H2,1-7H3,(H,34,40)(H,38,39);1H. The molecule has 0 atom stereocenters. The highest BCUT2D eigenvalue weighted by Crippen LogP contribution is 2.41. The molecule has 3 N–H and O–H groups in total. The third-order valence-electron chi connectivity index (χ3n) is 7.33. The minimum atomic E-state index is -0.867. The number of nitrogens with one attached hydrogen (secondary N) is 2. The van der Waals surface area contributed by atoms with Crippen molar-refractivity contribution in [1.29, 1.82) is 5.41 Å². The maximum Gasteiger partial charge on any atom is 0.303 e. The summed E-state index contributed by atoms with van der Waals surface area (Å²) in [7, 11) is 1.55. The van der Waals surface area contributed by atoms with Crippen LogP contribution in [0, 0.1) is 5.41 Å². The monoisotopic (exact) mass is 660 g/mol. The Bertz CT molecular complexity index is 1350. The van der Waals surface area contributed by atoms with Crippen molar-refractivity contribution >= 4 is 46.2 Å². The van der Waals surface area contributed by atoms with Gasteiger partial charge in [-0.05, 0) is 62.4 Å². The zero-order chi connectivity index (χ0) is 31.2. The van der Waals surface area contributed by atoms with E-state index in [2.05, 4.69) is 31.0 Å². The molecule has 1 aliphatic rings. The SMILES string of the molecule is Br.CCOc1cc2c(cc1C(=O)NC)C(=N)N(CC(=O)c1cc(N(CC)CC)c(OCCCC(=O)O)c(C(C)(C)C)c1)C2. The second-order valence-electron chi connectivity index (χ2n) is 11.3. The van der Waals surface area contributed by atoms with E-state index in [0.717, 1.165) is 16.8 Å². The van der Waals surface area contributed by atoms with Crippen molar-refractivity contribution in [3.8, 4) is 11.5 Å². The van der Waals surface area contributed by atoms with Gasteiger partial charge in [-0.25, -0.2) is 0 Å². The highest BCUT2D eigenvalue weighted by Gasteiger charge is 2.31. The first kappa shape index (κ1) is 35.6. The summed E-state index contributed by atoms with van der Waals surface area (Å²) in [6.07, 6.45) is 0.393. The number of ketones is 1. The minimum Gasteiger partial charge on any atom is -0.493 e. The lowest BCUT2D eigenvalue weighted by Crippen LogP contribution is -2.31. The Hall–Kier alpha value is -3.60. The van der Waals surface area contributed by atoms with Crippen molar-refractivity contribution in [2.75, 3.05) is 44.8 Å². The largest absolute Gasteiger partial charge is 0.493 e. The molecule has 0 aliphatic carbocycles. The van der Waals surface area contributed by atoms with Crippen LogP contribution in [0.1, 0.15) is 91.8 Å². The molecule has 3 rings (SSSR count). The summed E-state index contributed by atoms with van der Waals surface area (Å²) >= 11 is 0. The van der Waals surface area contributed by atoms with E-state index in [9.17, 15) is 14.4 Å². The van der Waals surface area contributed by atoms with Crippen LogP contribution in [0.5, 0.6) is 11.5 Å². The number of fused-ring (bicyclic) bond motifs is 1. The molecule has 1 heterocycles. The molecule has 2 aromatic carbocycles. The number of carboxylic acid groups (broad SMARTS) is 1. The Kier molecular flexibility index (Phi) is 12.6. The summed E-state index contributed by atoms with van der Waals surface area (Å²) in [5, 5.41) is 20.5. The number of carboxylic acids is 1. The average molecular weight is 662 g/mol. The number of hydrogen-bond acceptors (Lipinski definition) is 7. The summed E-state index contributed by atoms with van der Waals surface area (Å²) < 4.78 is 11.9. The number of anilines is 1. The molecule has 0 saturated heterocycles. The van der Waals surface area contributed by atoms with Crippen LogP contribution in [0.3, 0.4) is 0 Å². The highest BCUT2D eigenvalue weighted by atomic mass is 79.9. The molecule has 1 aliphatic heterocycles. The molecule has 43 heavy (non-hydrogen) atoms. The van der Waals surface area contributed by atoms with Crippen molar-refractivity contribution in [2.45, 2.75) is 66.3 Å². The average Bonchev–Trinajstić information content (AvgIpc) is 3.24. The van der Waals surface area contributed by atoms with Crippen LogP contribution in [0.4, 0.5) is 5.69 Å². The second kappa shape index (κ2) is 15.2. The van der Waals surface area contributed by atoms with Crippen molar-refractivity contribution in [2.24, 2.45) is 0 Å². The van der Waals surface area contributed by atoms with Crippen LogP contribution >= 0.6 is 17.0 Å². The smallest absolute Gasteiger partial charge is 0.303 e. The third-order valence-corrected chi connectivity index (χ3v) is 7.33. The van der Waals surface area contributed by atoms with Gasteiger partial charge in [-0.15, -0.1) is 17.0 Å². The number of hydrogen-bond donors (Lipinski definition) is 3.